The zero-order valence-electron chi connectivity index (χ0n) is 19.6. The van der Waals surface area contributed by atoms with E-state index in [9.17, 15) is 19.4 Å². The van der Waals surface area contributed by atoms with Crippen molar-refractivity contribution in [1.82, 2.24) is 0 Å². The van der Waals surface area contributed by atoms with Crippen molar-refractivity contribution in [2.45, 2.75) is 76.8 Å². The Morgan fingerprint density at radius 1 is 1.30 bits per heavy atom. The fourth-order valence-corrected chi connectivity index (χ4v) is 4.85. The molecule has 1 aromatic rings. The van der Waals surface area contributed by atoms with Crippen LogP contribution in [0.2, 0.25) is 0 Å². The minimum atomic E-state index is -0.902. The van der Waals surface area contributed by atoms with Crippen LogP contribution in [0.4, 0.5) is 4.39 Å². The second-order valence-corrected chi connectivity index (χ2v) is 9.48. The highest BCUT2D eigenvalue weighted by molar-refractivity contribution is 5.69. The molecule has 0 bridgehead atoms. The highest BCUT2D eigenvalue weighted by atomic mass is 19.1. The van der Waals surface area contributed by atoms with E-state index in [0.717, 1.165) is 25.7 Å². The van der Waals surface area contributed by atoms with E-state index in [-0.39, 0.29) is 42.4 Å². The van der Waals surface area contributed by atoms with Crippen molar-refractivity contribution in [3.8, 4) is 5.75 Å². The number of halogens is 1. The quantitative estimate of drug-likeness (QED) is 0.402. The van der Waals surface area contributed by atoms with Gasteiger partial charge in [0.1, 0.15) is 12.7 Å². The Morgan fingerprint density at radius 2 is 2.09 bits per heavy atom. The molecule has 3 rings (SSSR count). The predicted molar refractivity (Wildman–Crippen MR) is 122 cm³/mol. The number of para-hydroxylation sites is 1. The molecule has 7 heteroatoms. The van der Waals surface area contributed by atoms with Gasteiger partial charge >= 0.3 is 5.97 Å². The Kier molecular flexibility index (Phi) is 9.71. The average Bonchev–Trinajstić information content (AvgIpc) is 2.92. The van der Waals surface area contributed by atoms with Crippen LogP contribution in [-0.4, -0.2) is 53.8 Å². The molecule has 2 fully saturated rings. The smallest absolute Gasteiger partial charge is 0.306 e. The fourth-order valence-electron chi connectivity index (χ4n) is 4.85. The van der Waals surface area contributed by atoms with E-state index in [4.69, 9.17) is 14.2 Å². The number of hydrogen-bond donors (Lipinski definition) is 2. The number of carbonyl (C=O) groups is 1. The average molecular weight is 465 g/mol. The first-order valence-electron chi connectivity index (χ1n) is 12.1. The van der Waals surface area contributed by atoms with Gasteiger partial charge in [-0.1, -0.05) is 24.3 Å². The Balaban J connectivity index is 1.46. The minimum absolute atomic E-state index is 0.00244. The van der Waals surface area contributed by atoms with Crippen LogP contribution >= 0.6 is 0 Å². The van der Waals surface area contributed by atoms with Crippen LogP contribution in [0.5, 0.6) is 5.75 Å². The molecule has 1 saturated heterocycles. The van der Waals surface area contributed by atoms with E-state index < -0.39 is 18.0 Å². The molecule has 1 heterocycles. The van der Waals surface area contributed by atoms with Gasteiger partial charge in [0.2, 0.25) is 0 Å². The molecule has 6 atom stereocenters. The Labute approximate surface area is 195 Å². The summed E-state index contributed by atoms with van der Waals surface area (Å²) in [7, 11) is 0. The maximum absolute atomic E-state index is 13.7. The van der Waals surface area contributed by atoms with Crippen LogP contribution in [0, 0.1) is 23.6 Å². The summed E-state index contributed by atoms with van der Waals surface area (Å²) in [6, 6.07) is 6.08. The van der Waals surface area contributed by atoms with E-state index in [1.54, 1.807) is 18.2 Å². The first kappa shape index (κ1) is 25.7. The maximum atomic E-state index is 13.7. The van der Waals surface area contributed by atoms with E-state index in [1.807, 2.05) is 19.9 Å². The molecule has 2 N–H and O–H groups in total. The molecular weight excluding hydrogens is 427 g/mol. The Bertz CT molecular complexity index is 782. The summed E-state index contributed by atoms with van der Waals surface area (Å²) in [4.78, 5) is 11.7. The highest BCUT2D eigenvalue weighted by Gasteiger charge is 2.43. The number of aliphatic hydroxyl groups excluding tert-OH is 2. The highest BCUT2D eigenvalue weighted by Crippen LogP contribution is 2.42. The van der Waals surface area contributed by atoms with Gasteiger partial charge in [0, 0.05) is 25.4 Å². The van der Waals surface area contributed by atoms with E-state index >= 15 is 0 Å². The maximum Gasteiger partial charge on any atom is 0.306 e. The van der Waals surface area contributed by atoms with Gasteiger partial charge in [-0.3, -0.25) is 4.79 Å². The van der Waals surface area contributed by atoms with Crippen molar-refractivity contribution in [2.24, 2.45) is 17.8 Å². The molecule has 1 aliphatic heterocycles. The van der Waals surface area contributed by atoms with Crippen LogP contribution in [0.15, 0.2) is 36.4 Å². The second-order valence-electron chi connectivity index (χ2n) is 9.48. The Morgan fingerprint density at radius 3 is 2.85 bits per heavy atom. The minimum Gasteiger partial charge on any atom is -0.487 e. The number of hydrogen-bond acceptors (Lipinski definition) is 6. The van der Waals surface area contributed by atoms with Gasteiger partial charge in [-0.2, -0.15) is 0 Å². The lowest BCUT2D eigenvalue weighted by atomic mass is 9.86. The largest absolute Gasteiger partial charge is 0.487 e. The summed E-state index contributed by atoms with van der Waals surface area (Å²) in [5, 5.41) is 20.8. The van der Waals surface area contributed by atoms with Crippen molar-refractivity contribution in [2.75, 3.05) is 13.2 Å². The van der Waals surface area contributed by atoms with Gasteiger partial charge in [-0.25, -0.2) is 4.39 Å². The summed E-state index contributed by atoms with van der Waals surface area (Å²) in [6.07, 6.45) is 6.60. The van der Waals surface area contributed by atoms with E-state index in [2.05, 4.69) is 0 Å². The number of benzene rings is 1. The van der Waals surface area contributed by atoms with E-state index in [1.165, 1.54) is 12.1 Å². The number of ether oxygens (including phenoxy) is 3. The normalized spacial score (nSPS) is 28.5. The SMILES string of the molecule is CC(C)OC(=O)CCC[C@H]1CC[C@@H]2[C@@H](C=C[C@@H](O)COc3ccccc3F)[C@H](O)C[C@@H]2OC1. The van der Waals surface area contributed by atoms with Crippen LogP contribution in [0.1, 0.15) is 52.4 Å². The molecule has 0 amide bonds. The summed E-state index contributed by atoms with van der Waals surface area (Å²) in [5.41, 5.74) is 0. The number of fused-ring (bicyclic) bond motifs is 1. The zero-order chi connectivity index (χ0) is 23.8. The molecule has 0 radical (unpaired) electrons. The lowest BCUT2D eigenvalue weighted by Crippen LogP contribution is -2.22. The van der Waals surface area contributed by atoms with Crippen molar-refractivity contribution >= 4 is 5.97 Å². The van der Waals surface area contributed by atoms with Gasteiger partial charge < -0.3 is 24.4 Å². The van der Waals surface area contributed by atoms with Crippen LogP contribution in [-0.2, 0) is 14.3 Å². The summed E-state index contributed by atoms with van der Waals surface area (Å²) in [5.74, 6) is -0.0349. The molecular formula is C26H37FO6. The van der Waals surface area contributed by atoms with Crippen molar-refractivity contribution in [3.05, 3.63) is 42.2 Å². The predicted octanol–water partition coefficient (Wildman–Crippen LogP) is 4.04. The topological polar surface area (TPSA) is 85.2 Å². The molecule has 1 aliphatic carbocycles. The first-order valence-corrected chi connectivity index (χ1v) is 12.1. The van der Waals surface area contributed by atoms with Crippen LogP contribution in [0.3, 0.4) is 0 Å². The molecule has 184 valence electrons. The van der Waals surface area contributed by atoms with Crippen molar-refractivity contribution in [1.29, 1.82) is 0 Å². The van der Waals surface area contributed by atoms with Crippen molar-refractivity contribution in [3.63, 3.8) is 0 Å². The molecule has 0 unspecified atom stereocenters. The van der Waals surface area contributed by atoms with Gasteiger partial charge in [0.25, 0.3) is 0 Å². The molecule has 1 saturated carbocycles. The van der Waals surface area contributed by atoms with Gasteiger partial charge in [-0.15, -0.1) is 0 Å². The number of carbonyl (C=O) groups excluding carboxylic acids is 1. The van der Waals surface area contributed by atoms with Gasteiger partial charge in [-0.05, 0) is 63.5 Å². The second kappa shape index (κ2) is 12.5. The summed E-state index contributed by atoms with van der Waals surface area (Å²) in [6.45, 7) is 4.28. The number of aliphatic hydroxyl groups is 2. The Hall–Kier alpha value is -1.96. The van der Waals surface area contributed by atoms with Crippen molar-refractivity contribution < 1.29 is 33.6 Å². The number of esters is 1. The molecule has 6 nitrogen and oxygen atoms in total. The summed E-state index contributed by atoms with van der Waals surface area (Å²) < 4.78 is 30.4. The summed E-state index contributed by atoms with van der Waals surface area (Å²) >= 11 is 0. The third-order valence-electron chi connectivity index (χ3n) is 6.51. The van der Waals surface area contributed by atoms with Crippen LogP contribution < -0.4 is 4.74 Å². The van der Waals surface area contributed by atoms with Crippen LogP contribution in [0.25, 0.3) is 0 Å². The standard InChI is InChI=1S/C26H37FO6/c1-17(2)33-26(30)9-5-6-18-10-12-21-20(23(29)14-25(21)31-15-18)13-11-19(28)16-32-24-8-4-3-7-22(24)27/h3-4,7-8,11,13,17-21,23,25,28-29H,5-6,9-10,12,14-16H2,1-2H3/t18-,19+,20+,21+,23+,25-/m0/s1. The lowest BCUT2D eigenvalue weighted by Gasteiger charge is -2.21. The van der Waals surface area contributed by atoms with Gasteiger partial charge in [0.15, 0.2) is 11.6 Å². The molecule has 1 aromatic carbocycles. The first-order chi connectivity index (χ1) is 15.8. The molecule has 33 heavy (non-hydrogen) atoms. The molecule has 2 aliphatic rings. The number of rotatable bonds is 10. The third-order valence-corrected chi connectivity index (χ3v) is 6.51. The fraction of sp³-hybridized carbons (Fsp3) is 0.654. The molecule has 0 aromatic heterocycles. The van der Waals surface area contributed by atoms with Gasteiger partial charge in [0.05, 0.1) is 18.3 Å². The third kappa shape index (κ3) is 7.80. The lowest BCUT2D eigenvalue weighted by molar-refractivity contribution is -0.147. The monoisotopic (exact) mass is 464 g/mol. The van der Waals surface area contributed by atoms with E-state index in [0.29, 0.717) is 25.4 Å². The zero-order valence-corrected chi connectivity index (χ0v) is 19.6. The molecule has 0 spiro atoms.